The van der Waals surface area contributed by atoms with Crippen LogP contribution in [0.3, 0.4) is 0 Å². The molecule has 0 saturated carbocycles. The van der Waals surface area contributed by atoms with Crippen LogP contribution in [0.15, 0.2) is 0 Å². The molecule has 0 radical (unpaired) electrons. The van der Waals surface area contributed by atoms with Crippen molar-refractivity contribution in [1.29, 1.82) is 0 Å². The number of esters is 1. The summed E-state index contributed by atoms with van der Waals surface area (Å²) in [4.78, 5) is 10.7. The molecule has 0 amide bonds. The number of methoxy groups -OCH3 is 1. The van der Waals surface area contributed by atoms with Gasteiger partial charge in [0.05, 0.1) is 19.5 Å². The van der Waals surface area contributed by atoms with E-state index < -0.39 is 28.8 Å². The van der Waals surface area contributed by atoms with Crippen LogP contribution < -0.4 is 4.72 Å². The first kappa shape index (κ1) is 18.1. The molecule has 0 aromatic carbocycles. The van der Waals surface area contributed by atoms with E-state index in [4.69, 9.17) is 0 Å². The van der Waals surface area contributed by atoms with E-state index in [-0.39, 0.29) is 31.7 Å². The molecule has 0 aliphatic rings. The second kappa shape index (κ2) is 8.33. The van der Waals surface area contributed by atoms with Gasteiger partial charge in [0.1, 0.15) is 6.61 Å². The molecule has 0 heterocycles. The molecule has 0 aromatic rings. The molecule has 0 spiro atoms. The highest BCUT2D eigenvalue weighted by molar-refractivity contribution is 7.89. The summed E-state index contributed by atoms with van der Waals surface area (Å²) in [5.74, 6) is -0.829. The Labute approximate surface area is 109 Å². The average Bonchev–Trinajstić information content (AvgIpc) is 2.26. The number of alkyl halides is 3. The monoisotopic (exact) mass is 307 g/mol. The van der Waals surface area contributed by atoms with Crippen LogP contribution in [0.25, 0.3) is 0 Å². The van der Waals surface area contributed by atoms with Gasteiger partial charge in [-0.25, -0.2) is 13.1 Å². The number of rotatable bonds is 9. The van der Waals surface area contributed by atoms with Crippen LogP contribution >= 0.6 is 0 Å². The van der Waals surface area contributed by atoms with Crippen molar-refractivity contribution in [3.8, 4) is 0 Å². The van der Waals surface area contributed by atoms with Crippen molar-refractivity contribution in [2.75, 3.05) is 32.6 Å². The second-order valence-corrected chi connectivity index (χ2v) is 5.49. The highest BCUT2D eigenvalue weighted by atomic mass is 32.2. The standard InChI is InChI=1S/C9H16F3NO5S/c1-17-8(14)3-2-6-19(15,16)13-4-5-18-7-9(10,11)12/h13H,2-7H2,1H3. The summed E-state index contributed by atoms with van der Waals surface area (Å²) in [6.07, 6.45) is -4.40. The third-order valence-corrected chi connectivity index (χ3v) is 3.33. The fourth-order valence-electron chi connectivity index (χ4n) is 1.04. The van der Waals surface area contributed by atoms with Crippen molar-refractivity contribution in [2.24, 2.45) is 0 Å². The number of halogens is 3. The zero-order valence-corrected chi connectivity index (χ0v) is 11.1. The zero-order chi connectivity index (χ0) is 14.9. The summed E-state index contributed by atoms with van der Waals surface area (Å²) in [5, 5.41) is 0. The quantitative estimate of drug-likeness (QED) is 0.494. The highest BCUT2D eigenvalue weighted by Crippen LogP contribution is 2.13. The molecular weight excluding hydrogens is 291 g/mol. The maximum absolute atomic E-state index is 11.7. The van der Waals surface area contributed by atoms with E-state index >= 15 is 0 Å². The lowest BCUT2D eigenvalue weighted by Gasteiger charge is -2.08. The molecule has 114 valence electrons. The minimum atomic E-state index is -4.43. The Bertz CT molecular complexity index is 369. The summed E-state index contributed by atoms with van der Waals surface area (Å²) in [5.41, 5.74) is 0. The lowest BCUT2D eigenvalue weighted by atomic mass is 10.3. The average molecular weight is 307 g/mol. The van der Waals surface area contributed by atoms with Crippen LogP contribution in [0.5, 0.6) is 0 Å². The van der Waals surface area contributed by atoms with E-state index in [0.717, 1.165) is 0 Å². The minimum Gasteiger partial charge on any atom is -0.469 e. The smallest absolute Gasteiger partial charge is 0.411 e. The van der Waals surface area contributed by atoms with Crippen LogP contribution in [-0.4, -0.2) is 53.2 Å². The molecule has 0 rings (SSSR count). The van der Waals surface area contributed by atoms with Gasteiger partial charge < -0.3 is 9.47 Å². The third kappa shape index (κ3) is 11.9. The highest BCUT2D eigenvalue weighted by Gasteiger charge is 2.27. The van der Waals surface area contributed by atoms with Gasteiger partial charge in [-0.2, -0.15) is 13.2 Å². The molecule has 10 heteroatoms. The van der Waals surface area contributed by atoms with Gasteiger partial charge in [0.25, 0.3) is 0 Å². The Hall–Kier alpha value is -0.870. The topological polar surface area (TPSA) is 81.7 Å². The van der Waals surface area contributed by atoms with Gasteiger partial charge in [-0.1, -0.05) is 0 Å². The molecule has 0 aliphatic carbocycles. The first-order valence-corrected chi connectivity index (χ1v) is 7.00. The maximum atomic E-state index is 11.7. The van der Waals surface area contributed by atoms with E-state index in [9.17, 15) is 26.4 Å². The van der Waals surface area contributed by atoms with E-state index in [1.807, 2.05) is 0 Å². The van der Waals surface area contributed by atoms with Gasteiger partial charge in [-0.15, -0.1) is 0 Å². The molecule has 6 nitrogen and oxygen atoms in total. The lowest BCUT2D eigenvalue weighted by Crippen LogP contribution is -2.31. The SMILES string of the molecule is COC(=O)CCCS(=O)(=O)NCCOCC(F)(F)F. The number of ether oxygens (including phenoxy) is 2. The Morgan fingerprint density at radius 2 is 1.95 bits per heavy atom. The molecule has 0 saturated heterocycles. The number of carbonyl (C=O) groups excluding carboxylic acids is 1. The molecule has 0 aliphatic heterocycles. The fraction of sp³-hybridized carbons (Fsp3) is 0.889. The van der Waals surface area contributed by atoms with Crippen molar-refractivity contribution < 1.29 is 35.9 Å². The number of hydrogen-bond acceptors (Lipinski definition) is 5. The summed E-state index contributed by atoms with van der Waals surface area (Å²) >= 11 is 0. The fourth-order valence-corrected chi connectivity index (χ4v) is 2.10. The van der Waals surface area contributed by atoms with E-state index in [1.165, 1.54) is 7.11 Å². The Kier molecular flexibility index (Phi) is 7.95. The Morgan fingerprint density at radius 3 is 2.47 bits per heavy atom. The molecule has 19 heavy (non-hydrogen) atoms. The van der Waals surface area contributed by atoms with Crippen molar-refractivity contribution >= 4 is 16.0 Å². The van der Waals surface area contributed by atoms with Crippen molar-refractivity contribution in [3.63, 3.8) is 0 Å². The summed E-state index contributed by atoms with van der Waals surface area (Å²) < 4.78 is 68.3. The van der Waals surface area contributed by atoms with Crippen LogP contribution in [0.4, 0.5) is 13.2 Å². The van der Waals surface area contributed by atoms with Gasteiger partial charge in [0.15, 0.2) is 0 Å². The Balaban J connectivity index is 3.71. The van der Waals surface area contributed by atoms with Gasteiger partial charge in [0.2, 0.25) is 10.0 Å². The van der Waals surface area contributed by atoms with Crippen molar-refractivity contribution in [2.45, 2.75) is 19.0 Å². The molecule has 0 bridgehead atoms. The normalized spacial score (nSPS) is 12.4. The molecule has 0 atom stereocenters. The Morgan fingerprint density at radius 1 is 1.32 bits per heavy atom. The number of sulfonamides is 1. The van der Waals surface area contributed by atoms with Crippen LogP contribution in [0.1, 0.15) is 12.8 Å². The number of hydrogen-bond donors (Lipinski definition) is 1. The molecule has 0 fully saturated rings. The summed E-state index contributed by atoms with van der Waals surface area (Å²) in [6, 6.07) is 0. The number of nitrogens with one attached hydrogen (secondary N) is 1. The van der Waals surface area contributed by atoms with E-state index in [2.05, 4.69) is 14.2 Å². The van der Waals surface area contributed by atoms with Crippen LogP contribution in [0, 0.1) is 0 Å². The van der Waals surface area contributed by atoms with Crippen LogP contribution in [-0.2, 0) is 24.3 Å². The van der Waals surface area contributed by atoms with Crippen LogP contribution in [0.2, 0.25) is 0 Å². The third-order valence-electron chi connectivity index (χ3n) is 1.86. The van der Waals surface area contributed by atoms with Gasteiger partial charge in [-0.05, 0) is 6.42 Å². The van der Waals surface area contributed by atoms with Gasteiger partial charge >= 0.3 is 12.1 Å². The predicted molar refractivity (Wildman–Crippen MR) is 59.9 cm³/mol. The molecule has 1 N–H and O–H groups in total. The lowest BCUT2D eigenvalue weighted by molar-refractivity contribution is -0.173. The molecular formula is C9H16F3NO5S. The van der Waals surface area contributed by atoms with Crippen molar-refractivity contribution in [1.82, 2.24) is 4.72 Å². The minimum absolute atomic E-state index is 0.0397. The molecule has 0 unspecified atom stereocenters. The van der Waals surface area contributed by atoms with Crippen molar-refractivity contribution in [3.05, 3.63) is 0 Å². The predicted octanol–water partition coefficient (Wildman–Crippen LogP) is 0.438. The first-order chi connectivity index (χ1) is 8.66. The van der Waals surface area contributed by atoms with E-state index in [0.29, 0.717) is 0 Å². The summed E-state index contributed by atoms with van der Waals surface area (Å²) in [6.45, 7) is -2.05. The number of carbonyl (C=O) groups is 1. The van der Waals surface area contributed by atoms with E-state index in [1.54, 1.807) is 0 Å². The van der Waals surface area contributed by atoms with Gasteiger partial charge in [-0.3, -0.25) is 4.79 Å². The second-order valence-electron chi connectivity index (χ2n) is 3.56. The maximum Gasteiger partial charge on any atom is 0.411 e. The zero-order valence-electron chi connectivity index (χ0n) is 10.3. The van der Waals surface area contributed by atoms with Gasteiger partial charge in [0, 0.05) is 13.0 Å². The summed E-state index contributed by atoms with van der Waals surface area (Å²) in [7, 11) is -2.43. The largest absolute Gasteiger partial charge is 0.469 e. The molecule has 0 aromatic heterocycles. The first-order valence-electron chi connectivity index (χ1n) is 5.35.